The Labute approximate surface area is 138 Å². The van der Waals surface area contributed by atoms with Gasteiger partial charge in [0, 0.05) is 12.9 Å². The zero-order valence-electron chi connectivity index (χ0n) is 15.0. The van der Waals surface area contributed by atoms with Crippen molar-refractivity contribution >= 4 is 7.12 Å². The summed E-state index contributed by atoms with van der Waals surface area (Å²) in [6.45, 7) is 12.1. The smallest absolute Gasteiger partial charge is 0.403 e. The Hall–Kier alpha value is -0.175. The van der Waals surface area contributed by atoms with Gasteiger partial charge in [0.05, 0.1) is 11.2 Å². The normalized spacial score (nSPS) is 48.9. The number of hydrogen-bond donors (Lipinski definition) is 0. The molecule has 4 fully saturated rings. The first kappa shape index (κ1) is 16.3. The van der Waals surface area contributed by atoms with Crippen LogP contribution in [0.2, 0.25) is 5.82 Å². The van der Waals surface area contributed by atoms with Gasteiger partial charge in [0.1, 0.15) is 17.8 Å². The maximum absolute atomic E-state index is 6.20. The quantitative estimate of drug-likeness (QED) is 0.725. The predicted octanol–water partition coefficient (Wildman–Crippen LogP) is 2.11. The van der Waals surface area contributed by atoms with E-state index in [0.29, 0.717) is 0 Å². The zero-order valence-corrected chi connectivity index (χ0v) is 15.0. The van der Waals surface area contributed by atoms with Crippen LogP contribution in [0.3, 0.4) is 0 Å². The van der Waals surface area contributed by atoms with Crippen LogP contribution in [0.25, 0.3) is 0 Å². The fraction of sp³-hybridized carbons (Fsp3) is 1.00. The third-order valence-corrected chi connectivity index (χ3v) is 6.05. The average Bonchev–Trinajstić information content (AvgIpc) is 2.86. The predicted molar refractivity (Wildman–Crippen MR) is 82.9 cm³/mol. The van der Waals surface area contributed by atoms with Crippen LogP contribution < -0.4 is 0 Å². The van der Waals surface area contributed by atoms with E-state index in [1.165, 1.54) is 0 Å². The Morgan fingerprint density at radius 2 is 1.52 bits per heavy atom. The van der Waals surface area contributed by atoms with Crippen LogP contribution in [0.4, 0.5) is 0 Å². The minimum Gasteiger partial charge on any atom is -0.403 e. The summed E-state index contributed by atoms with van der Waals surface area (Å²) >= 11 is 0. The molecule has 0 bridgehead atoms. The van der Waals surface area contributed by atoms with Crippen molar-refractivity contribution in [3.63, 3.8) is 0 Å². The molecule has 1 unspecified atom stereocenters. The first-order valence-corrected chi connectivity index (χ1v) is 8.43. The molecule has 130 valence electrons. The van der Waals surface area contributed by atoms with Gasteiger partial charge in [0.25, 0.3) is 0 Å². The Bertz CT molecular complexity index is 505. The van der Waals surface area contributed by atoms with Gasteiger partial charge in [-0.1, -0.05) is 0 Å². The van der Waals surface area contributed by atoms with Crippen LogP contribution in [-0.2, 0) is 28.3 Å². The Morgan fingerprint density at radius 3 is 2.09 bits per heavy atom. The standard InChI is InChI=1S/C16H27BO6/c1-13(2)14(3,4)23-17(22-13)9-8-16(9)11-10(12(18-7)21-16)19-15(5,6)20-11/h9-12H,8H2,1-7H3/t9-,10-,11?,12+,16+/m0/s1. The van der Waals surface area contributed by atoms with E-state index in [1.54, 1.807) is 7.11 Å². The van der Waals surface area contributed by atoms with Gasteiger partial charge in [-0.2, -0.15) is 0 Å². The second-order valence-electron chi connectivity index (χ2n) is 8.63. The largest absolute Gasteiger partial charge is 0.464 e. The minimum atomic E-state index is -0.619. The molecule has 0 aromatic heterocycles. The van der Waals surface area contributed by atoms with E-state index < -0.39 is 17.7 Å². The summed E-state index contributed by atoms with van der Waals surface area (Å²) in [5.74, 6) is -0.486. The van der Waals surface area contributed by atoms with Crippen LogP contribution in [0.15, 0.2) is 0 Å². The third-order valence-electron chi connectivity index (χ3n) is 6.05. The van der Waals surface area contributed by atoms with Crippen LogP contribution in [-0.4, -0.2) is 55.3 Å². The molecule has 23 heavy (non-hydrogen) atoms. The number of methoxy groups -OCH3 is 1. The molecule has 0 aromatic carbocycles. The van der Waals surface area contributed by atoms with Crippen LogP contribution in [0.1, 0.15) is 48.0 Å². The highest BCUT2D eigenvalue weighted by molar-refractivity contribution is 6.49. The van der Waals surface area contributed by atoms with Gasteiger partial charge in [0.15, 0.2) is 12.1 Å². The van der Waals surface area contributed by atoms with Crippen molar-refractivity contribution in [1.82, 2.24) is 0 Å². The van der Waals surface area contributed by atoms with Crippen molar-refractivity contribution in [2.75, 3.05) is 7.11 Å². The number of ether oxygens (including phenoxy) is 4. The molecular formula is C16H27BO6. The summed E-state index contributed by atoms with van der Waals surface area (Å²) < 4.78 is 36.2. The molecule has 3 heterocycles. The zero-order chi connectivity index (χ0) is 16.8. The molecule has 3 saturated heterocycles. The average molecular weight is 326 g/mol. The van der Waals surface area contributed by atoms with Crippen LogP contribution >= 0.6 is 0 Å². The lowest BCUT2D eigenvalue weighted by Gasteiger charge is -2.32. The molecule has 0 amide bonds. The summed E-state index contributed by atoms with van der Waals surface area (Å²) in [7, 11) is 1.35. The van der Waals surface area contributed by atoms with Crippen molar-refractivity contribution in [2.24, 2.45) is 0 Å². The molecular weight excluding hydrogens is 299 g/mol. The van der Waals surface area contributed by atoms with Crippen molar-refractivity contribution in [3.8, 4) is 0 Å². The molecule has 4 aliphatic rings. The highest BCUT2D eigenvalue weighted by atomic mass is 16.8. The summed E-state index contributed by atoms with van der Waals surface area (Å²) in [5.41, 5.74) is -1.11. The second-order valence-corrected chi connectivity index (χ2v) is 8.63. The molecule has 0 N–H and O–H groups in total. The van der Waals surface area contributed by atoms with Gasteiger partial charge >= 0.3 is 7.12 Å². The molecule has 3 aliphatic heterocycles. The highest BCUT2D eigenvalue weighted by Gasteiger charge is 2.78. The molecule has 6 nitrogen and oxygen atoms in total. The Balaban J connectivity index is 1.56. The van der Waals surface area contributed by atoms with Crippen molar-refractivity contribution in [3.05, 3.63) is 0 Å². The van der Waals surface area contributed by atoms with E-state index in [0.717, 1.165) is 6.42 Å². The van der Waals surface area contributed by atoms with Crippen molar-refractivity contribution in [2.45, 2.75) is 94.9 Å². The van der Waals surface area contributed by atoms with E-state index >= 15 is 0 Å². The van der Waals surface area contributed by atoms with E-state index in [4.69, 9.17) is 28.3 Å². The monoisotopic (exact) mass is 326 g/mol. The summed E-state index contributed by atoms with van der Waals surface area (Å²) in [4.78, 5) is 0. The van der Waals surface area contributed by atoms with Crippen molar-refractivity contribution in [1.29, 1.82) is 0 Å². The lowest BCUT2D eigenvalue weighted by atomic mass is 9.78. The lowest BCUT2D eigenvalue weighted by molar-refractivity contribution is -0.232. The van der Waals surface area contributed by atoms with E-state index in [2.05, 4.69) is 27.7 Å². The minimum absolute atomic E-state index is 0.133. The fourth-order valence-corrected chi connectivity index (χ4v) is 4.03. The summed E-state index contributed by atoms with van der Waals surface area (Å²) in [6.07, 6.45) is 0.0766. The van der Waals surface area contributed by atoms with Gasteiger partial charge < -0.3 is 28.3 Å². The van der Waals surface area contributed by atoms with E-state index in [9.17, 15) is 0 Å². The second kappa shape index (κ2) is 4.51. The molecule has 5 atom stereocenters. The maximum Gasteiger partial charge on any atom is 0.464 e. The molecule has 0 aromatic rings. The fourth-order valence-electron chi connectivity index (χ4n) is 4.03. The maximum atomic E-state index is 6.20. The SMILES string of the molecule is CO[C@@H]1O[C@@]2(C[C@@H]2B2OC(C)(C)C(C)(C)O2)C2OC(C)(C)O[C@@H]21. The molecule has 0 radical (unpaired) electrons. The first-order valence-electron chi connectivity index (χ1n) is 8.43. The van der Waals surface area contributed by atoms with Crippen LogP contribution in [0, 0.1) is 0 Å². The van der Waals surface area contributed by atoms with E-state index in [-0.39, 0.29) is 36.3 Å². The molecule has 4 rings (SSSR count). The van der Waals surface area contributed by atoms with Gasteiger partial charge in [-0.15, -0.1) is 0 Å². The van der Waals surface area contributed by atoms with E-state index in [1.807, 2.05) is 13.8 Å². The number of rotatable bonds is 2. The first-order chi connectivity index (χ1) is 10.5. The third kappa shape index (κ3) is 2.17. The molecule has 1 saturated carbocycles. The van der Waals surface area contributed by atoms with Gasteiger partial charge in [-0.3, -0.25) is 0 Å². The van der Waals surface area contributed by atoms with Crippen LogP contribution in [0.5, 0.6) is 0 Å². The van der Waals surface area contributed by atoms with Gasteiger partial charge in [0.2, 0.25) is 0 Å². The summed E-state index contributed by atoms with van der Waals surface area (Å²) in [6, 6.07) is 0. The molecule has 7 heteroatoms. The Morgan fingerprint density at radius 1 is 0.913 bits per heavy atom. The molecule has 1 aliphatic carbocycles. The van der Waals surface area contributed by atoms with Gasteiger partial charge in [-0.05, 0) is 48.0 Å². The summed E-state index contributed by atoms with van der Waals surface area (Å²) in [5, 5.41) is 0. The topological polar surface area (TPSA) is 55.4 Å². The number of hydrogen-bond acceptors (Lipinski definition) is 6. The Kier molecular flexibility index (Phi) is 3.19. The van der Waals surface area contributed by atoms with Crippen molar-refractivity contribution < 1.29 is 28.3 Å². The molecule has 1 spiro atoms. The lowest BCUT2D eigenvalue weighted by Crippen LogP contribution is -2.41. The highest BCUT2D eigenvalue weighted by Crippen LogP contribution is 2.66. The van der Waals surface area contributed by atoms with Gasteiger partial charge in [-0.25, -0.2) is 0 Å². The number of fused-ring (bicyclic) bond motifs is 2.